The Kier molecular flexibility index (Phi) is 4.49. The van der Waals surface area contributed by atoms with Crippen molar-refractivity contribution in [1.82, 2.24) is 5.32 Å². The van der Waals surface area contributed by atoms with Crippen LogP contribution in [0.5, 0.6) is 0 Å². The summed E-state index contributed by atoms with van der Waals surface area (Å²) in [6.45, 7) is 8.28. The molecular formula is C18H21N3. The van der Waals surface area contributed by atoms with Gasteiger partial charge in [-0.05, 0) is 43.5 Å². The van der Waals surface area contributed by atoms with E-state index in [2.05, 4.69) is 49.1 Å². The van der Waals surface area contributed by atoms with Crippen LogP contribution in [0.4, 0.5) is 5.69 Å². The minimum Gasteiger partial charge on any atom is -0.399 e. The van der Waals surface area contributed by atoms with E-state index in [4.69, 9.17) is 5.73 Å². The number of nitrogens with zero attached hydrogens (tertiary/aromatic N) is 1. The number of nitrogens with one attached hydrogen (secondary N) is 1. The van der Waals surface area contributed by atoms with E-state index in [0.29, 0.717) is 5.92 Å². The third-order valence-electron chi connectivity index (χ3n) is 3.59. The smallest absolute Gasteiger partial charge is 0.148 e. The first-order chi connectivity index (χ1) is 10.0. The molecule has 1 aromatic carbocycles. The van der Waals surface area contributed by atoms with Gasteiger partial charge >= 0.3 is 0 Å². The average molecular weight is 279 g/mol. The Morgan fingerprint density at radius 3 is 2.48 bits per heavy atom. The van der Waals surface area contributed by atoms with Crippen LogP contribution in [0.1, 0.15) is 33.3 Å². The van der Waals surface area contributed by atoms with Crippen LogP contribution in [0, 0.1) is 17.9 Å². The number of nitrogen functional groups attached to an aromatic ring is 1. The van der Waals surface area contributed by atoms with Crippen LogP contribution in [0.15, 0.2) is 46.5 Å². The Hall–Kier alpha value is -2.47. The summed E-state index contributed by atoms with van der Waals surface area (Å²) >= 11 is 0. The molecule has 0 aliphatic carbocycles. The zero-order valence-electron chi connectivity index (χ0n) is 13.0. The first-order valence-corrected chi connectivity index (χ1v) is 7.08. The van der Waals surface area contributed by atoms with Crippen molar-refractivity contribution in [1.29, 1.82) is 0 Å². The van der Waals surface area contributed by atoms with Gasteiger partial charge in [-0.1, -0.05) is 37.5 Å². The fourth-order valence-corrected chi connectivity index (χ4v) is 2.07. The van der Waals surface area contributed by atoms with E-state index in [-0.39, 0.29) is 0 Å². The summed E-state index contributed by atoms with van der Waals surface area (Å²) in [5, 5.41) is 3.36. The highest BCUT2D eigenvalue weighted by atomic mass is 15.0. The topological polar surface area (TPSA) is 50.4 Å². The normalized spacial score (nSPS) is 18.1. The molecule has 0 spiro atoms. The lowest BCUT2D eigenvalue weighted by molar-refractivity contribution is 0.766. The molecule has 0 saturated heterocycles. The average Bonchev–Trinajstić information content (AvgIpc) is 2.88. The first-order valence-electron chi connectivity index (χ1n) is 7.08. The number of aliphatic imine (C=N–C) groups is 1. The number of amidine groups is 1. The monoisotopic (exact) mass is 279 g/mol. The van der Waals surface area contributed by atoms with Crippen LogP contribution in [-0.2, 0) is 0 Å². The second kappa shape index (κ2) is 6.32. The van der Waals surface area contributed by atoms with E-state index < -0.39 is 0 Å². The number of hydrogen-bond donors (Lipinski definition) is 2. The summed E-state index contributed by atoms with van der Waals surface area (Å²) in [6, 6.07) is 10.6. The Balaban J connectivity index is 2.46. The number of anilines is 1. The molecule has 1 aromatic rings. The molecule has 0 radical (unpaired) electrons. The van der Waals surface area contributed by atoms with Crippen molar-refractivity contribution >= 4 is 17.2 Å². The molecule has 0 atom stereocenters. The SMILES string of the molecule is CC#CN=C1NC(c2ccc(N)cc2)=C/C1=C(/C)C(C)C. The van der Waals surface area contributed by atoms with Crippen molar-refractivity contribution < 1.29 is 0 Å². The standard InChI is InChI=1S/C18H21N3/c1-5-10-20-18-16(13(4)12(2)3)11-17(21-18)14-6-8-15(19)9-7-14/h6-9,11-12H,19H2,1-4H3,(H,20,21)/b16-13+. The third-order valence-corrected chi connectivity index (χ3v) is 3.59. The van der Waals surface area contributed by atoms with Crippen molar-refractivity contribution in [3.63, 3.8) is 0 Å². The molecule has 0 amide bonds. The summed E-state index contributed by atoms with van der Waals surface area (Å²) in [5.41, 5.74) is 11.0. The van der Waals surface area contributed by atoms with Crippen molar-refractivity contribution in [3.8, 4) is 12.0 Å². The molecular weight excluding hydrogens is 258 g/mol. The molecule has 1 aliphatic heterocycles. The fourth-order valence-electron chi connectivity index (χ4n) is 2.07. The molecule has 108 valence electrons. The summed E-state index contributed by atoms with van der Waals surface area (Å²) in [6.07, 6.45) is 2.14. The van der Waals surface area contributed by atoms with Crippen molar-refractivity contribution in [2.75, 3.05) is 5.73 Å². The minimum atomic E-state index is 0.462. The van der Waals surface area contributed by atoms with Gasteiger partial charge in [0.25, 0.3) is 0 Å². The number of rotatable bonds is 2. The molecule has 0 bridgehead atoms. The lowest BCUT2D eigenvalue weighted by Crippen LogP contribution is -2.17. The lowest BCUT2D eigenvalue weighted by Gasteiger charge is -2.09. The van der Waals surface area contributed by atoms with Crippen LogP contribution >= 0.6 is 0 Å². The maximum Gasteiger partial charge on any atom is 0.148 e. The predicted octanol–water partition coefficient (Wildman–Crippen LogP) is 3.56. The van der Waals surface area contributed by atoms with Gasteiger partial charge < -0.3 is 11.1 Å². The van der Waals surface area contributed by atoms with Crippen LogP contribution < -0.4 is 11.1 Å². The maximum absolute atomic E-state index is 5.74. The molecule has 0 saturated carbocycles. The van der Waals surface area contributed by atoms with Crippen molar-refractivity contribution in [2.45, 2.75) is 27.7 Å². The summed E-state index contributed by atoms with van der Waals surface area (Å²) in [7, 11) is 0. The zero-order chi connectivity index (χ0) is 15.4. The minimum absolute atomic E-state index is 0.462. The highest BCUT2D eigenvalue weighted by Crippen LogP contribution is 2.26. The molecule has 3 nitrogen and oxygen atoms in total. The summed E-state index contributed by atoms with van der Waals surface area (Å²) in [5.74, 6) is 4.09. The van der Waals surface area contributed by atoms with Gasteiger partial charge in [0, 0.05) is 23.0 Å². The Morgan fingerprint density at radius 2 is 1.90 bits per heavy atom. The number of benzene rings is 1. The van der Waals surface area contributed by atoms with Gasteiger partial charge in [-0.15, -0.1) is 0 Å². The number of nitrogens with two attached hydrogens (primary N) is 1. The quantitative estimate of drug-likeness (QED) is 0.642. The molecule has 0 fully saturated rings. The molecule has 3 N–H and O–H groups in total. The predicted molar refractivity (Wildman–Crippen MR) is 90.4 cm³/mol. The molecule has 3 heteroatoms. The lowest BCUT2D eigenvalue weighted by atomic mass is 9.98. The van der Waals surface area contributed by atoms with Crippen molar-refractivity contribution in [2.24, 2.45) is 10.9 Å². The zero-order valence-corrected chi connectivity index (χ0v) is 13.0. The second-order valence-electron chi connectivity index (χ2n) is 5.38. The van der Waals surface area contributed by atoms with Gasteiger partial charge in [0.1, 0.15) is 5.84 Å². The summed E-state index contributed by atoms with van der Waals surface area (Å²) in [4.78, 5) is 4.33. The number of hydrogen-bond acceptors (Lipinski definition) is 2. The Labute approximate surface area is 126 Å². The highest BCUT2D eigenvalue weighted by molar-refractivity contribution is 6.12. The largest absolute Gasteiger partial charge is 0.399 e. The van der Waals surface area contributed by atoms with Gasteiger partial charge in [-0.3, -0.25) is 0 Å². The molecule has 1 aliphatic rings. The molecule has 0 aromatic heterocycles. The van der Waals surface area contributed by atoms with E-state index in [1.807, 2.05) is 24.3 Å². The molecule has 2 rings (SSSR count). The van der Waals surface area contributed by atoms with E-state index in [9.17, 15) is 0 Å². The van der Waals surface area contributed by atoms with Crippen molar-refractivity contribution in [3.05, 3.63) is 47.1 Å². The first kappa shape index (κ1) is 14.9. The fraction of sp³-hybridized carbons (Fsp3) is 0.278. The molecule has 1 heterocycles. The molecule has 21 heavy (non-hydrogen) atoms. The van der Waals surface area contributed by atoms with Crippen LogP contribution in [-0.4, -0.2) is 5.84 Å². The summed E-state index contributed by atoms with van der Waals surface area (Å²) < 4.78 is 0. The second-order valence-corrected chi connectivity index (χ2v) is 5.38. The van der Waals surface area contributed by atoms with E-state index in [1.165, 1.54) is 5.57 Å². The highest BCUT2D eigenvalue weighted by Gasteiger charge is 2.20. The van der Waals surface area contributed by atoms with Gasteiger partial charge in [0.2, 0.25) is 0 Å². The van der Waals surface area contributed by atoms with Gasteiger partial charge in [-0.2, -0.15) is 4.99 Å². The van der Waals surface area contributed by atoms with E-state index in [1.54, 1.807) is 6.92 Å². The van der Waals surface area contributed by atoms with Gasteiger partial charge in [0.15, 0.2) is 0 Å². The van der Waals surface area contributed by atoms with Crippen LogP contribution in [0.25, 0.3) is 5.70 Å². The van der Waals surface area contributed by atoms with Crippen LogP contribution in [0.3, 0.4) is 0 Å². The maximum atomic E-state index is 5.74. The Bertz CT molecular complexity index is 677. The third kappa shape index (κ3) is 3.35. The number of allylic oxidation sites excluding steroid dienone is 1. The van der Waals surface area contributed by atoms with Crippen LogP contribution in [0.2, 0.25) is 0 Å². The van der Waals surface area contributed by atoms with Gasteiger partial charge in [0.05, 0.1) is 0 Å². The van der Waals surface area contributed by atoms with E-state index in [0.717, 1.165) is 28.4 Å². The van der Waals surface area contributed by atoms with Gasteiger partial charge in [-0.25, -0.2) is 0 Å². The molecule has 0 unspecified atom stereocenters. The Morgan fingerprint density at radius 1 is 1.24 bits per heavy atom. The van der Waals surface area contributed by atoms with E-state index >= 15 is 0 Å².